The Kier molecular flexibility index (Phi) is 5.01. The van der Waals surface area contributed by atoms with Gasteiger partial charge in [0.25, 0.3) is 10.0 Å². The maximum atomic E-state index is 12.6. The van der Waals surface area contributed by atoms with Gasteiger partial charge in [0.1, 0.15) is 10.0 Å². The first-order valence-corrected chi connectivity index (χ1v) is 10.8. The van der Waals surface area contributed by atoms with Crippen molar-refractivity contribution in [3.63, 3.8) is 0 Å². The fourth-order valence-corrected chi connectivity index (χ4v) is 5.39. The highest BCUT2D eigenvalue weighted by Gasteiger charge is 2.29. The molecule has 4 heterocycles. The summed E-state index contributed by atoms with van der Waals surface area (Å²) in [7, 11) is -3.39. The standard InChI is InChI=1S/C17H18N6O2S2/c24-27(25,17-5-3-13-26-17)23-11-9-22(10-12-23)16-7-6-15(20-21-16)19-14-4-1-2-8-18-14/h1-8,13H,9-12H2,(H,18,19,20). The van der Waals surface area contributed by atoms with Crippen molar-refractivity contribution in [1.82, 2.24) is 19.5 Å². The van der Waals surface area contributed by atoms with E-state index in [-0.39, 0.29) is 0 Å². The Bertz CT molecular complexity index is 970. The van der Waals surface area contributed by atoms with Gasteiger partial charge in [-0.2, -0.15) is 4.31 Å². The van der Waals surface area contributed by atoms with Crippen LogP contribution in [-0.2, 0) is 10.0 Å². The number of pyridine rings is 1. The molecule has 0 amide bonds. The van der Waals surface area contributed by atoms with E-state index >= 15 is 0 Å². The Morgan fingerprint density at radius 3 is 2.41 bits per heavy atom. The molecule has 1 fully saturated rings. The first-order valence-electron chi connectivity index (χ1n) is 8.43. The van der Waals surface area contributed by atoms with Crippen LogP contribution in [0.15, 0.2) is 58.3 Å². The normalized spacial score (nSPS) is 15.6. The smallest absolute Gasteiger partial charge is 0.252 e. The van der Waals surface area contributed by atoms with Crippen LogP contribution >= 0.6 is 11.3 Å². The van der Waals surface area contributed by atoms with E-state index in [1.54, 1.807) is 23.7 Å². The number of hydrogen-bond donors (Lipinski definition) is 1. The topological polar surface area (TPSA) is 91.3 Å². The van der Waals surface area contributed by atoms with Gasteiger partial charge in [-0.15, -0.1) is 21.5 Å². The van der Waals surface area contributed by atoms with E-state index in [1.807, 2.05) is 35.2 Å². The third-order valence-corrected chi connectivity index (χ3v) is 7.50. The van der Waals surface area contributed by atoms with Gasteiger partial charge in [-0.1, -0.05) is 12.1 Å². The minimum absolute atomic E-state index is 0.390. The van der Waals surface area contributed by atoms with E-state index in [2.05, 4.69) is 20.5 Å². The monoisotopic (exact) mass is 402 g/mol. The predicted molar refractivity (Wildman–Crippen MR) is 105 cm³/mol. The molecular weight excluding hydrogens is 384 g/mol. The van der Waals surface area contributed by atoms with Crippen molar-refractivity contribution in [2.24, 2.45) is 0 Å². The van der Waals surface area contributed by atoms with E-state index in [4.69, 9.17) is 0 Å². The number of aromatic nitrogens is 3. The van der Waals surface area contributed by atoms with Crippen LogP contribution in [0.1, 0.15) is 0 Å². The lowest BCUT2D eigenvalue weighted by Gasteiger charge is -2.34. The molecule has 0 bridgehead atoms. The maximum Gasteiger partial charge on any atom is 0.252 e. The van der Waals surface area contributed by atoms with Crippen LogP contribution in [0.25, 0.3) is 0 Å². The molecule has 4 rings (SSSR count). The quantitative estimate of drug-likeness (QED) is 0.699. The molecule has 140 valence electrons. The number of nitrogens with one attached hydrogen (secondary N) is 1. The molecule has 3 aromatic rings. The largest absolute Gasteiger partial charge is 0.352 e. The Labute approximate surface area is 161 Å². The van der Waals surface area contributed by atoms with Gasteiger partial charge in [-0.3, -0.25) is 0 Å². The zero-order valence-electron chi connectivity index (χ0n) is 14.4. The molecule has 0 aliphatic carbocycles. The first-order chi connectivity index (χ1) is 13.1. The summed E-state index contributed by atoms with van der Waals surface area (Å²) in [6.45, 7) is 2.00. The van der Waals surface area contributed by atoms with E-state index in [9.17, 15) is 8.42 Å². The summed E-state index contributed by atoms with van der Waals surface area (Å²) < 4.78 is 27.1. The second-order valence-corrected chi connectivity index (χ2v) is 9.05. The Hall–Kier alpha value is -2.56. The number of anilines is 3. The average Bonchev–Trinajstić information content (AvgIpc) is 3.25. The zero-order valence-corrected chi connectivity index (χ0v) is 16.0. The summed E-state index contributed by atoms with van der Waals surface area (Å²) in [6, 6.07) is 12.7. The van der Waals surface area contributed by atoms with Gasteiger partial charge in [0.2, 0.25) is 0 Å². The molecule has 3 aromatic heterocycles. The van der Waals surface area contributed by atoms with Crippen LogP contribution in [-0.4, -0.2) is 54.1 Å². The molecular formula is C17H18N6O2S2. The fourth-order valence-electron chi connectivity index (χ4n) is 2.82. The van der Waals surface area contributed by atoms with Gasteiger partial charge in [-0.05, 0) is 35.7 Å². The van der Waals surface area contributed by atoms with Gasteiger partial charge in [0, 0.05) is 32.4 Å². The average molecular weight is 403 g/mol. The van der Waals surface area contributed by atoms with E-state index in [0.717, 1.165) is 5.82 Å². The van der Waals surface area contributed by atoms with E-state index < -0.39 is 10.0 Å². The highest BCUT2D eigenvalue weighted by atomic mass is 32.2. The molecule has 0 radical (unpaired) electrons. The molecule has 1 aliphatic rings. The summed E-state index contributed by atoms with van der Waals surface area (Å²) >= 11 is 1.25. The van der Waals surface area contributed by atoms with Gasteiger partial charge in [-0.25, -0.2) is 13.4 Å². The summed E-state index contributed by atoms with van der Waals surface area (Å²) in [5.74, 6) is 2.04. The van der Waals surface area contributed by atoms with Gasteiger partial charge >= 0.3 is 0 Å². The van der Waals surface area contributed by atoms with Crippen LogP contribution in [0.2, 0.25) is 0 Å². The first kappa shape index (κ1) is 17.8. The van der Waals surface area contributed by atoms with E-state index in [0.29, 0.717) is 42.0 Å². The van der Waals surface area contributed by atoms with Crippen molar-refractivity contribution in [2.75, 3.05) is 36.4 Å². The predicted octanol–water partition coefficient (Wildman–Crippen LogP) is 2.19. The molecule has 0 spiro atoms. The van der Waals surface area contributed by atoms with Crippen molar-refractivity contribution >= 4 is 38.8 Å². The van der Waals surface area contributed by atoms with Gasteiger partial charge in [0.05, 0.1) is 0 Å². The van der Waals surface area contributed by atoms with Crippen LogP contribution < -0.4 is 10.2 Å². The second kappa shape index (κ2) is 7.59. The molecule has 27 heavy (non-hydrogen) atoms. The maximum absolute atomic E-state index is 12.6. The number of rotatable bonds is 5. The van der Waals surface area contributed by atoms with Gasteiger partial charge < -0.3 is 10.2 Å². The van der Waals surface area contributed by atoms with Crippen LogP contribution in [0.3, 0.4) is 0 Å². The molecule has 1 N–H and O–H groups in total. The Balaban J connectivity index is 1.38. The van der Waals surface area contributed by atoms with Crippen LogP contribution in [0.4, 0.5) is 17.5 Å². The third-order valence-electron chi connectivity index (χ3n) is 4.22. The number of thiophene rings is 1. The third kappa shape index (κ3) is 3.92. The summed E-state index contributed by atoms with van der Waals surface area (Å²) in [5.41, 5.74) is 0. The Morgan fingerprint density at radius 2 is 1.78 bits per heavy atom. The minimum Gasteiger partial charge on any atom is -0.352 e. The van der Waals surface area contributed by atoms with Crippen molar-refractivity contribution in [1.29, 1.82) is 0 Å². The number of sulfonamides is 1. The van der Waals surface area contributed by atoms with Gasteiger partial charge in [0.15, 0.2) is 11.6 Å². The summed E-state index contributed by atoms with van der Waals surface area (Å²) in [6.07, 6.45) is 1.70. The summed E-state index contributed by atoms with van der Waals surface area (Å²) in [4.78, 5) is 6.23. The lowest BCUT2D eigenvalue weighted by molar-refractivity contribution is 0.384. The Morgan fingerprint density at radius 1 is 0.926 bits per heavy atom. The molecule has 10 heteroatoms. The molecule has 1 saturated heterocycles. The summed E-state index contributed by atoms with van der Waals surface area (Å²) in [5, 5.41) is 13.3. The van der Waals surface area contributed by atoms with Crippen molar-refractivity contribution < 1.29 is 8.42 Å². The van der Waals surface area contributed by atoms with E-state index in [1.165, 1.54) is 15.6 Å². The second-order valence-electron chi connectivity index (χ2n) is 5.94. The van der Waals surface area contributed by atoms with Crippen molar-refractivity contribution in [3.05, 3.63) is 54.0 Å². The molecule has 0 atom stereocenters. The highest BCUT2D eigenvalue weighted by Crippen LogP contribution is 2.23. The lowest BCUT2D eigenvalue weighted by Crippen LogP contribution is -2.48. The number of hydrogen-bond acceptors (Lipinski definition) is 8. The van der Waals surface area contributed by atoms with Crippen LogP contribution in [0.5, 0.6) is 0 Å². The molecule has 0 saturated carbocycles. The number of nitrogens with zero attached hydrogens (tertiary/aromatic N) is 5. The zero-order chi connectivity index (χ0) is 18.7. The lowest BCUT2D eigenvalue weighted by atomic mass is 10.3. The molecule has 0 aromatic carbocycles. The highest BCUT2D eigenvalue weighted by molar-refractivity contribution is 7.91. The molecule has 1 aliphatic heterocycles. The van der Waals surface area contributed by atoms with Crippen molar-refractivity contribution in [2.45, 2.75) is 4.21 Å². The molecule has 8 nitrogen and oxygen atoms in total. The fraction of sp³-hybridized carbons (Fsp3) is 0.235. The number of piperazine rings is 1. The van der Waals surface area contributed by atoms with Crippen LogP contribution in [0, 0.1) is 0 Å². The SMILES string of the molecule is O=S(=O)(c1cccs1)N1CCN(c2ccc(Nc3ccccn3)nn2)CC1. The van der Waals surface area contributed by atoms with Crippen molar-refractivity contribution in [3.8, 4) is 0 Å². The molecule has 0 unspecified atom stereocenters. The minimum atomic E-state index is -3.39.